The van der Waals surface area contributed by atoms with Crippen LogP contribution >= 0.6 is 0 Å². The average molecular weight is 323 g/mol. The first kappa shape index (κ1) is 17.2. The lowest BCUT2D eigenvalue weighted by Gasteiger charge is -2.29. The Bertz CT molecular complexity index is 580. The van der Waals surface area contributed by atoms with E-state index in [0.29, 0.717) is 31.7 Å². The van der Waals surface area contributed by atoms with Gasteiger partial charge in [0.25, 0.3) is 0 Å². The highest BCUT2D eigenvalue weighted by Crippen LogP contribution is 2.18. The molecule has 0 aromatic heterocycles. The van der Waals surface area contributed by atoms with Gasteiger partial charge in [0.2, 0.25) is 11.8 Å². The van der Waals surface area contributed by atoms with Crippen LogP contribution in [0.15, 0.2) is 18.2 Å². The molecule has 0 bridgehead atoms. The summed E-state index contributed by atoms with van der Waals surface area (Å²) in [5.74, 6) is -0.397. The second kappa shape index (κ2) is 7.92. The van der Waals surface area contributed by atoms with Gasteiger partial charge in [0.15, 0.2) is 11.6 Å². The second-order valence-electron chi connectivity index (χ2n) is 5.44. The molecule has 1 heterocycles. The van der Waals surface area contributed by atoms with E-state index >= 15 is 0 Å². The number of nitrogens with zero attached hydrogens (tertiary/aromatic N) is 2. The third-order valence-corrected chi connectivity index (χ3v) is 3.80. The number of hydrogen-bond donors (Lipinski definition) is 1. The quantitative estimate of drug-likeness (QED) is 0.833. The topological polar surface area (TPSA) is 61.9 Å². The molecule has 2 amide bonds. The normalized spacial score (nSPS) is 15.2. The molecular formula is C16H22FN3O3. The third kappa shape index (κ3) is 4.66. The SMILES string of the molecule is CCN(Cc1ccc(OC)c(F)c1)C(=O)CN1CCNC(=O)C1. The van der Waals surface area contributed by atoms with Gasteiger partial charge >= 0.3 is 0 Å². The highest BCUT2D eigenvalue weighted by molar-refractivity contribution is 5.81. The van der Waals surface area contributed by atoms with Crippen LogP contribution in [0.25, 0.3) is 0 Å². The summed E-state index contributed by atoms with van der Waals surface area (Å²) in [6, 6.07) is 4.67. The van der Waals surface area contributed by atoms with Gasteiger partial charge in [-0.25, -0.2) is 4.39 Å². The Morgan fingerprint density at radius 3 is 2.87 bits per heavy atom. The minimum absolute atomic E-state index is 0.0654. The summed E-state index contributed by atoms with van der Waals surface area (Å²) in [5, 5.41) is 2.73. The van der Waals surface area contributed by atoms with Gasteiger partial charge in [-0.15, -0.1) is 0 Å². The Kier molecular flexibility index (Phi) is 5.92. The lowest BCUT2D eigenvalue weighted by Crippen LogP contribution is -2.51. The molecule has 2 rings (SSSR count). The van der Waals surface area contributed by atoms with Crippen LogP contribution in [0.1, 0.15) is 12.5 Å². The molecule has 0 atom stereocenters. The number of likely N-dealkylation sites (N-methyl/N-ethyl adjacent to an activating group) is 1. The van der Waals surface area contributed by atoms with Crippen LogP contribution in [0.2, 0.25) is 0 Å². The lowest BCUT2D eigenvalue weighted by molar-refractivity contribution is -0.134. The van der Waals surface area contributed by atoms with E-state index in [1.165, 1.54) is 13.2 Å². The summed E-state index contributed by atoms with van der Waals surface area (Å²) < 4.78 is 18.6. The molecule has 0 unspecified atom stereocenters. The summed E-state index contributed by atoms with van der Waals surface area (Å²) in [5.41, 5.74) is 0.704. The smallest absolute Gasteiger partial charge is 0.237 e. The number of benzene rings is 1. The molecule has 1 aromatic rings. The Balaban J connectivity index is 1.97. The Hall–Kier alpha value is -2.15. The molecule has 1 aliphatic heterocycles. The maximum atomic E-state index is 13.7. The molecule has 0 aliphatic carbocycles. The monoisotopic (exact) mass is 323 g/mol. The number of rotatable bonds is 6. The number of halogens is 1. The molecule has 1 aliphatic rings. The van der Waals surface area contributed by atoms with Crippen molar-refractivity contribution in [2.75, 3.05) is 39.8 Å². The van der Waals surface area contributed by atoms with Gasteiger partial charge in [-0.2, -0.15) is 0 Å². The number of amides is 2. The second-order valence-corrected chi connectivity index (χ2v) is 5.44. The Labute approximate surface area is 135 Å². The average Bonchev–Trinajstić information content (AvgIpc) is 2.52. The number of nitrogens with one attached hydrogen (secondary N) is 1. The number of hydrogen-bond acceptors (Lipinski definition) is 4. The van der Waals surface area contributed by atoms with Gasteiger partial charge in [0.1, 0.15) is 0 Å². The van der Waals surface area contributed by atoms with Crippen molar-refractivity contribution < 1.29 is 18.7 Å². The van der Waals surface area contributed by atoms with E-state index in [2.05, 4.69) is 5.32 Å². The number of carbonyl (C=O) groups is 2. The maximum absolute atomic E-state index is 13.7. The fraction of sp³-hybridized carbons (Fsp3) is 0.500. The van der Waals surface area contributed by atoms with Crippen LogP contribution in [0.3, 0.4) is 0 Å². The van der Waals surface area contributed by atoms with E-state index in [4.69, 9.17) is 4.74 Å². The summed E-state index contributed by atoms with van der Waals surface area (Å²) in [6.45, 7) is 4.37. The van der Waals surface area contributed by atoms with Crippen molar-refractivity contribution in [2.45, 2.75) is 13.5 Å². The zero-order valence-electron chi connectivity index (χ0n) is 13.5. The van der Waals surface area contributed by atoms with Crippen LogP contribution in [0.4, 0.5) is 4.39 Å². The summed E-state index contributed by atoms with van der Waals surface area (Å²) in [7, 11) is 1.41. The van der Waals surface area contributed by atoms with Gasteiger partial charge in [0, 0.05) is 26.2 Å². The van der Waals surface area contributed by atoms with Crippen LogP contribution < -0.4 is 10.1 Å². The first-order valence-corrected chi connectivity index (χ1v) is 7.62. The maximum Gasteiger partial charge on any atom is 0.237 e. The third-order valence-electron chi connectivity index (χ3n) is 3.80. The number of piperazine rings is 1. The fourth-order valence-electron chi connectivity index (χ4n) is 2.52. The number of ether oxygens (including phenoxy) is 1. The molecule has 126 valence electrons. The predicted octanol–water partition coefficient (Wildman–Crippen LogP) is 0.615. The summed E-state index contributed by atoms with van der Waals surface area (Å²) in [6.07, 6.45) is 0. The molecule has 1 fully saturated rings. The minimum Gasteiger partial charge on any atom is -0.494 e. The van der Waals surface area contributed by atoms with Crippen LogP contribution in [-0.4, -0.2) is 61.4 Å². The molecule has 1 N–H and O–H groups in total. The zero-order chi connectivity index (χ0) is 16.8. The predicted molar refractivity (Wildman–Crippen MR) is 83.5 cm³/mol. The fourth-order valence-corrected chi connectivity index (χ4v) is 2.52. The summed E-state index contributed by atoms with van der Waals surface area (Å²) in [4.78, 5) is 27.2. The number of methoxy groups -OCH3 is 1. The van der Waals surface area contributed by atoms with Crippen molar-refractivity contribution in [3.63, 3.8) is 0 Å². The van der Waals surface area contributed by atoms with Crippen LogP contribution in [0, 0.1) is 5.82 Å². The van der Waals surface area contributed by atoms with Crippen LogP contribution in [-0.2, 0) is 16.1 Å². The van der Waals surface area contributed by atoms with Crippen molar-refractivity contribution >= 4 is 11.8 Å². The number of carbonyl (C=O) groups excluding carboxylic acids is 2. The standard InChI is InChI=1S/C16H22FN3O3/c1-3-20(9-12-4-5-14(23-2)13(17)8-12)16(22)11-19-7-6-18-15(21)10-19/h4-5,8H,3,6-7,9-11H2,1-2H3,(H,18,21). The Morgan fingerprint density at radius 2 is 2.26 bits per heavy atom. The molecule has 6 nitrogen and oxygen atoms in total. The first-order valence-electron chi connectivity index (χ1n) is 7.62. The van der Waals surface area contributed by atoms with Crippen molar-refractivity contribution in [1.29, 1.82) is 0 Å². The molecule has 0 radical (unpaired) electrons. The lowest BCUT2D eigenvalue weighted by atomic mass is 10.2. The van der Waals surface area contributed by atoms with Crippen molar-refractivity contribution in [2.24, 2.45) is 0 Å². The van der Waals surface area contributed by atoms with Gasteiger partial charge in [-0.3, -0.25) is 14.5 Å². The highest BCUT2D eigenvalue weighted by atomic mass is 19.1. The van der Waals surface area contributed by atoms with Crippen LogP contribution in [0.5, 0.6) is 5.75 Å². The van der Waals surface area contributed by atoms with Gasteiger partial charge in [-0.05, 0) is 24.6 Å². The first-order chi connectivity index (χ1) is 11.0. The van der Waals surface area contributed by atoms with E-state index in [-0.39, 0.29) is 30.7 Å². The van der Waals surface area contributed by atoms with E-state index in [0.717, 1.165) is 0 Å². The molecule has 1 saturated heterocycles. The minimum atomic E-state index is -0.443. The van der Waals surface area contributed by atoms with Gasteiger partial charge in [0.05, 0.1) is 20.2 Å². The molecular weight excluding hydrogens is 301 g/mol. The largest absolute Gasteiger partial charge is 0.494 e. The molecule has 1 aromatic carbocycles. The van der Waals surface area contributed by atoms with Crippen molar-refractivity contribution in [1.82, 2.24) is 15.1 Å². The van der Waals surface area contributed by atoms with Crippen molar-refractivity contribution in [3.05, 3.63) is 29.6 Å². The van der Waals surface area contributed by atoms with E-state index in [1.54, 1.807) is 17.0 Å². The van der Waals surface area contributed by atoms with E-state index < -0.39 is 5.82 Å². The van der Waals surface area contributed by atoms with Gasteiger partial charge in [-0.1, -0.05) is 6.07 Å². The zero-order valence-corrected chi connectivity index (χ0v) is 13.5. The molecule has 0 spiro atoms. The molecule has 0 saturated carbocycles. The summed E-state index contributed by atoms with van der Waals surface area (Å²) >= 11 is 0. The molecule has 7 heteroatoms. The van der Waals surface area contributed by atoms with Gasteiger partial charge < -0.3 is 15.0 Å². The van der Waals surface area contributed by atoms with E-state index in [9.17, 15) is 14.0 Å². The highest BCUT2D eigenvalue weighted by Gasteiger charge is 2.21. The molecule has 23 heavy (non-hydrogen) atoms. The Morgan fingerprint density at radius 1 is 1.48 bits per heavy atom. The van der Waals surface area contributed by atoms with E-state index in [1.807, 2.05) is 11.8 Å². The van der Waals surface area contributed by atoms with Crippen molar-refractivity contribution in [3.8, 4) is 5.75 Å².